The van der Waals surface area contributed by atoms with Crippen molar-refractivity contribution in [2.45, 2.75) is 6.54 Å². The van der Waals surface area contributed by atoms with E-state index in [0.29, 0.717) is 6.54 Å². The van der Waals surface area contributed by atoms with Crippen LogP contribution in [0, 0.1) is 12.8 Å². The summed E-state index contributed by atoms with van der Waals surface area (Å²) in [7, 11) is 2.05. The van der Waals surface area contributed by atoms with Gasteiger partial charge >= 0.3 is 0 Å². The van der Waals surface area contributed by atoms with E-state index in [0.717, 1.165) is 28.2 Å². The average molecular weight is 317 g/mol. The highest BCUT2D eigenvalue weighted by Gasteiger charge is 2.25. The Hall–Kier alpha value is -3.16. The Morgan fingerprint density at radius 2 is 1.96 bits per heavy atom. The average Bonchev–Trinajstić information content (AvgIpc) is 3.17. The van der Waals surface area contributed by atoms with Gasteiger partial charge in [0.15, 0.2) is 0 Å². The van der Waals surface area contributed by atoms with Crippen LogP contribution in [-0.4, -0.2) is 9.77 Å². The molecule has 1 aromatic heterocycles. The van der Waals surface area contributed by atoms with Crippen LogP contribution in [0.2, 0.25) is 0 Å². The summed E-state index contributed by atoms with van der Waals surface area (Å²) >= 11 is 0. The van der Waals surface area contributed by atoms with Crippen LogP contribution in [0.15, 0.2) is 55.2 Å². The fourth-order valence-electron chi connectivity index (χ4n) is 3.20. The Morgan fingerprint density at radius 1 is 1.17 bits per heavy atom. The zero-order valence-corrected chi connectivity index (χ0v) is 13.5. The number of aryl methyl sites for hydroxylation is 1. The summed E-state index contributed by atoms with van der Waals surface area (Å²) in [5, 5.41) is 10.5. The van der Waals surface area contributed by atoms with Crippen molar-refractivity contribution >= 4 is 28.0 Å². The minimum absolute atomic E-state index is 0.702. The van der Waals surface area contributed by atoms with Gasteiger partial charge in [0.1, 0.15) is 0 Å². The summed E-state index contributed by atoms with van der Waals surface area (Å²) in [6.07, 6.45) is 10.1. The molecule has 0 saturated carbocycles. The summed E-state index contributed by atoms with van der Waals surface area (Å²) in [6, 6.07) is 14.4. The van der Waals surface area contributed by atoms with Crippen LogP contribution in [0.25, 0.3) is 16.6 Å². The van der Waals surface area contributed by atoms with Crippen molar-refractivity contribution < 1.29 is 5.21 Å². The highest BCUT2D eigenvalue weighted by atomic mass is 16.5. The number of aromatic nitrogens is 1. The number of anilines is 2. The molecule has 1 aliphatic heterocycles. The second-order valence-corrected chi connectivity index (χ2v) is 5.65. The molecule has 0 fully saturated rings. The minimum Gasteiger partial charge on any atom is -0.350 e. The number of hydrogen-bond acceptors (Lipinski definition) is 3. The van der Waals surface area contributed by atoms with Gasteiger partial charge in [-0.1, -0.05) is 24.8 Å². The maximum absolute atomic E-state index is 9.29. The molecule has 4 heteroatoms. The quantitative estimate of drug-likeness (QED) is 0.549. The maximum Gasteiger partial charge on any atom is 0.0658 e. The largest absolute Gasteiger partial charge is 0.350 e. The van der Waals surface area contributed by atoms with Crippen molar-refractivity contribution in [2.75, 3.05) is 10.4 Å². The first-order valence-electron chi connectivity index (χ1n) is 7.56. The van der Waals surface area contributed by atoms with Gasteiger partial charge in [0.2, 0.25) is 0 Å². The molecule has 0 atom stereocenters. The fraction of sp³-hybridized carbons (Fsp3) is 0.100. The predicted molar refractivity (Wildman–Crippen MR) is 99.9 cm³/mol. The molecule has 2 heterocycles. The van der Waals surface area contributed by atoms with E-state index in [9.17, 15) is 5.21 Å². The van der Waals surface area contributed by atoms with Crippen molar-refractivity contribution in [1.29, 1.82) is 0 Å². The van der Waals surface area contributed by atoms with Crippen LogP contribution >= 0.6 is 0 Å². The summed E-state index contributed by atoms with van der Waals surface area (Å²) in [5.74, 6) is 0. The van der Waals surface area contributed by atoms with Crippen LogP contribution < -0.4 is 10.4 Å². The summed E-state index contributed by atoms with van der Waals surface area (Å²) < 4.78 is 2.12. The van der Waals surface area contributed by atoms with Crippen LogP contribution in [0.1, 0.15) is 11.1 Å². The third-order valence-electron chi connectivity index (χ3n) is 4.43. The number of rotatable bonds is 2. The predicted octanol–water partition coefficient (Wildman–Crippen LogP) is 4.22. The molecular weight excluding hydrogens is 298 g/mol. The number of benzene rings is 2. The Kier molecular flexibility index (Phi) is 4.03. The van der Waals surface area contributed by atoms with E-state index < -0.39 is 0 Å². The lowest BCUT2D eigenvalue weighted by atomic mass is 10.1. The zero-order chi connectivity index (χ0) is 17.3. The third-order valence-corrected chi connectivity index (χ3v) is 4.43. The van der Waals surface area contributed by atoms with Gasteiger partial charge in [-0.25, -0.2) is 0 Å². The second kappa shape index (κ2) is 6.15. The van der Waals surface area contributed by atoms with Crippen molar-refractivity contribution in [3.8, 4) is 12.8 Å². The number of terminal acetylenes is 1. The molecule has 0 radical (unpaired) electrons. The standard InChI is InChI=1S/C18H17N3O.C2H2/c1-12-15-4-3-5-17(19-22)16(15)11-21(12)14-7-6-13-8-9-20(2)18(13)10-14;1-2/h3-10,19,22H,1,11H2,2H3;1-2H. The monoisotopic (exact) mass is 317 g/mol. The van der Waals surface area contributed by atoms with Gasteiger partial charge in [-0.3, -0.25) is 10.7 Å². The van der Waals surface area contributed by atoms with Crippen molar-refractivity contribution in [3.05, 3.63) is 66.4 Å². The van der Waals surface area contributed by atoms with E-state index in [4.69, 9.17) is 0 Å². The molecule has 0 spiro atoms. The maximum atomic E-state index is 9.29. The summed E-state index contributed by atoms with van der Waals surface area (Å²) in [5.41, 5.74) is 8.43. The molecule has 0 unspecified atom stereocenters. The van der Waals surface area contributed by atoms with Gasteiger partial charge in [0.25, 0.3) is 0 Å². The minimum atomic E-state index is 0.702. The van der Waals surface area contributed by atoms with E-state index in [1.165, 1.54) is 10.9 Å². The first-order valence-corrected chi connectivity index (χ1v) is 7.56. The van der Waals surface area contributed by atoms with Crippen LogP contribution in [-0.2, 0) is 13.6 Å². The molecule has 120 valence electrons. The molecule has 0 saturated heterocycles. The number of hydrogen-bond donors (Lipinski definition) is 2. The van der Waals surface area contributed by atoms with Crippen molar-refractivity contribution in [2.24, 2.45) is 7.05 Å². The lowest BCUT2D eigenvalue weighted by molar-refractivity contribution is 0.388. The lowest BCUT2D eigenvalue weighted by Gasteiger charge is -2.20. The first kappa shape index (κ1) is 15.7. The van der Waals surface area contributed by atoms with E-state index in [2.05, 4.69) is 64.8 Å². The Morgan fingerprint density at radius 3 is 2.71 bits per heavy atom. The van der Waals surface area contributed by atoms with Crippen LogP contribution in [0.4, 0.5) is 11.4 Å². The molecule has 3 aromatic rings. The SMILES string of the molecule is C#C.C=C1c2cccc(NO)c2CN1c1ccc2ccn(C)c2c1. The zero-order valence-electron chi connectivity index (χ0n) is 13.5. The van der Waals surface area contributed by atoms with Crippen LogP contribution in [0.5, 0.6) is 0 Å². The molecule has 0 amide bonds. The molecular formula is C20H19N3O. The van der Waals surface area contributed by atoms with Gasteiger partial charge in [-0.2, -0.15) is 0 Å². The van der Waals surface area contributed by atoms with Gasteiger partial charge in [-0.15, -0.1) is 12.8 Å². The van der Waals surface area contributed by atoms with Gasteiger partial charge in [-0.05, 0) is 29.7 Å². The Bertz CT molecular complexity index is 936. The van der Waals surface area contributed by atoms with Gasteiger partial charge in [0, 0.05) is 41.3 Å². The molecule has 0 bridgehead atoms. The fourth-order valence-corrected chi connectivity index (χ4v) is 3.20. The van der Waals surface area contributed by atoms with E-state index >= 15 is 0 Å². The number of nitrogens with zero attached hydrogens (tertiary/aromatic N) is 2. The molecule has 1 aliphatic rings. The van der Waals surface area contributed by atoms with Gasteiger partial charge in [0.05, 0.1) is 12.2 Å². The normalized spacial score (nSPS) is 12.7. The highest BCUT2D eigenvalue weighted by molar-refractivity contribution is 5.90. The first-order chi connectivity index (χ1) is 11.7. The van der Waals surface area contributed by atoms with Crippen molar-refractivity contribution in [3.63, 3.8) is 0 Å². The molecule has 24 heavy (non-hydrogen) atoms. The molecule has 4 nitrogen and oxygen atoms in total. The summed E-state index contributed by atoms with van der Waals surface area (Å²) in [4.78, 5) is 2.18. The topological polar surface area (TPSA) is 40.4 Å². The lowest BCUT2D eigenvalue weighted by Crippen LogP contribution is -2.13. The Labute approximate surface area is 141 Å². The summed E-state index contributed by atoms with van der Waals surface area (Å²) in [6.45, 7) is 4.93. The number of fused-ring (bicyclic) bond motifs is 2. The highest BCUT2D eigenvalue weighted by Crippen LogP contribution is 2.39. The second-order valence-electron chi connectivity index (χ2n) is 5.65. The van der Waals surface area contributed by atoms with E-state index in [1.54, 1.807) is 0 Å². The molecule has 2 N–H and O–H groups in total. The van der Waals surface area contributed by atoms with E-state index in [-0.39, 0.29) is 0 Å². The smallest absolute Gasteiger partial charge is 0.0658 e. The van der Waals surface area contributed by atoms with Crippen molar-refractivity contribution in [1.82, 2.24) is 4.57 Å². The molecule has 4 rings (SSSR count). The van der Waals surface area contributed by atoms with Gasteiger partial charge < -0.3 is 9.47 Å². The third kappa shape index (κ3) is 2.32. The molecule has 0 aliphatic carbocycles. The van der Waals surface area contributed by atoms with Crippen LogP contribution in [0.3, 0.4) is 0 Å². The van der Waals surface area contributed by atoms with E-state index in [1.807, 2.05) is 25.2 Å². The Balaban J connectivity index is 0.000000815. The number of nitrogens with one attached hydrogen (secondary N) is 1. The molecule has 2 aromatic carbocycles.